The second-order valence-electron chi connectivity index (χ2n) is 6.53. The number of anilines is 1. The van der Waals surface area contributed by atoms with E-state index in [0.29, 0.717) is 40.9 Å². The highest BCUT2D eigenvalue weighted by atomic mass is 19.4. The number of rotatable bonds is 5. The van der Waals surface area contributed by atoms with Crippen molar-refractivity contribution < 1.29 is 17.6 Å². The number of hydrogen-bond acceptors (Lipinski definition) is 4. The fraction of sp³-hybridized carbons (Fsp3) is 0.150. The first-order chi connectivity index (χ1) is 13.9. The normalized spacial score (nSPS) is 11.7. The van der Waals surface area contributed by atoms with Gasteiger partial charge in [0.25, 0.3) is 0 Å². The van der Waals surface area contributed by atoms with Gasteiger partial charge in [-0.3, -0.25) is 4.98 Å². The zero-order valence-corrected chi connectivity index (χ0v) is 15.0. The Bertz CT molecular complexity index is 1140. The van der Waals surface area contributed by atoms with Crippen LogP contribution in [0, 0.1) is 5.82 Å². The Morgan fingerprint density at radius 1 is 0.966 bits per heavy atom. The zero-order chi connectivity index (χ0) is 20.4. The van der Waals surface area contributed by atoms with Gasteiger partial charge in [0, 0.05) is 43.1 Å². The van der Waals surface area contributed by atoms with E-state index in [9.17, 15) is 17.6 Å². The Labute approximate surface area is 162 Å². The van der Waals surface area contributed by atoms with Gasteiger partial charge in [-0.1, -0.05) is 6.07 Å². The smallest absolute Gasteiger partial charge is 0.366 e. The van der Waals surface area contributed by atoms with Crippen LogP contribution in [0.15, 0.2) is 55.2 Å². The van der Waals surface area contributed by atoms with Gasteiger partial charge in [0.2, 0.25) is 0 Å². The lowest BCUT2D eigenvalue weighted by molar-refractivity contribution is -0.137. The molecule has 0 unspecified atom stereocenters. The molecule has 0 fully saturated rings. The number of hydrogen-bond donors (Lipinski definition) is 2. The van der Waals surface area contributed by atoms with Gasteiger partial charge in [0.05, 0.1) is 11.8 Å². The molecule has 4 aromatic heterocycles. The van der Waals surface area contributed by atoms with Crippen LogP contribution >= 0.6 is 0 Å². The SMILES string of the molecule is Fc1cncc(CNc2ccc(Cc3c[nH]c4ncc(C(F)(F)F)cc34)cn2)c1. The fourth-order valence-corrected chi connectivity index (χ4v) is 2.96. The first kappa shape index (κ1) is 18.9. The first-order valence-corrected chi connectivity index (χ1v) is 8.70. The number of nitrogens with zero attached hydrogens (tertiary/aromatic N) is 3. The molecule has 9 heteroatoms. The van der Waals surface area contributed by atoms with Gasteiger partial charge in [-0.05, 0) is 34.9 Å². The third-order valence-electron chi connectivity index (χ3n) is 4.40. The van der Waals surface area contributed by atoms with E-state index in [1.165, 1.54) is 6.07 Å². The van der Waals surface area contributed by atoms with Gasteiger partial charge in [-0.15, -0.1) is 0 Å². The summed E-state index contributed by atoms with van der Waals surface area (Å²) in [7, 11) is 0. The molecule has 0 atom stereocenters. The third-order valence-corrected chi connectivity index (χ3v) is 4.40. The van der Waals surface area contributed by atoms with Gasteiger partial charge in [-0.2, -0.15) is 13.2 Å². The number of nitrogens with one attached hydrogen (secondary N) is 2. The van der Waals surface area contributed by atoms with Crippen molar-refractivity contribution in [1.29, 1.82) is 0 Å². The second kappa shape index (κ2) is 7.50. The predicted molar refractivity (Wildman–Crippen MR) is 99.7 cm³/mol. The molecule has 0 aliphatic carbocycles. The molecule has 0 radical (unpaired) electrons. The number of H-pyrrole nitrogens is 1. The van der Waals surface area contributed by atoms with Crippen LogP contribution in [0.4, 0.5) is 23.4 Å². The molecule has 0 bridgehead atoms. The molecule has 0 aliphatic heterocycles. The number of halogens is 4. The van der Waals surface area contributed by atoms with Crippen LogP contribution in [0.25, 0.3) is 11.0 Å². The highest BCUT2D eigenvalue weighted by molar-refractivity contribution is 5.80. The van der Waals surface area contributed by atoms with E-state index in [0.717, 1.165) is 24.0 Å². The summed E-state index contributed by atoms with van der Waals surface area (Å²) in [5, 5.41) is 3.50. The molecule has 29 heavy (non-hydrogen) atoms. The van der Waals surface area contributed by atoms with Crippen molar-refractivity contribution in [3.8, 4) is 0 Å². The van der Waals surface area contributed by atoms with E-state index in [4.69, 9.17) is 0 Å². The number of alkyl halides is 3. The second-order valence-corrected chi connectivity index (χ2v) is 6.53. The standard InChI is InChI=1S/C20H15F4N5/c21-16-4-13(6-25-11-16)8-27-18-2-1-12(7-26-18)3-14-9-28-19-17(14)5-15(10-29-19)20(22,23)24/h1-2,4-7,9-11H,3,8H2,(H,26,27)(H,28,29). The third kappa shape index (κ3) is 4.34. The molecule has 0 spiro atoms. The van der Waals surface area contributed by atoms with Crippen molar-refractivity contribution in [2.75, 3.05) is 5.32 Å². The van der Waals surface area contributed by atoms with Crippen molar-refractivity contribution >= 4 is 16.9 Å². The molecule has 4 heterocycles. The molecule has 0 aliphatic rings. The minimum absolute atomic E-state index is 0.367. The van der Waals surface area contributed by atoms with E-state index in [1.807, 2.05) is 6.07 Å². The summed E-state index contributed by atoms with van der Waals surface area (Å²) < 4.78 is 52.0. The molecule has 5 nitrogen and oxygen atoms in total. The molecular formula is C20H15F4N5. The summed E-state index contributed by atoms with van der Waals surface area (Å²) in [6, 6.07) is 6.08. The summed E-state index contributed by atoms with van der Waals surface area (Å²) in [4.78, 5) is 14.8. The molecule has 2 N–H and O–H groups in total. The highest BCUT2D eigenvalue weighted by Crippen LogP contribution is 2.31. The van der Waals surface area contributed by atoms with E-state index < -0.39 is 17.6 Å². The maximum atomic E-state index is 13.2. The molecule has 0 aromatic carbocycles. The monoisotopic (exact) mass is 401 g/mol. The van der Waals surface area contributed by atoms with Gasteiger partial charge in [0.15, 0.2) is 0 Å². The van der Waals surface area contributed by atoms with Crippen LogP contribution in [-0.4, -0.2) is 19.9 Å². The largest absolute Gasteiger partial charge is 0.417 e. The number of pyridine rings is 3. The van der Waals surface area contributed by atoms with Crippen molar-refractivity contribution in [3.63, 3.8) is 0 Å². The Morgan fingerprint density at radius 2 is 1.83 bits per heavy atom. The van der Waals surface area contributed by atoms with Crippen molar-refractivity contribution in [2.45, 2.75) is 19.1 Å². The van der Waals surface area contributed by atoms with Crippen LogP contribution in [-0.2, 0) is 19.1 Å². The van der Waals surface area contributed by atoms with E-state index >= 15 is 0 Å². The molecule has 0 amide bonds. The maximum absolute atomic E-state index is 13.2. The number of aromatic amines is 1. The lowest BCUT2D eigenvalue weighted by atomic mass is 10.1. The molecule has 4 rings (SSSR count). The number of aromatic nitrogens is 4. The summed E-state index contributed by atoms with van der Waals surface area (Å²) in [5.74, 6) is 0.187. The molecule has 4 aromatic rings. The Balaban J connectivity index is 1.47. The van der Waals surface area contributed by atoms with Crippen molar-refractivity contribution in [3.05, 3.63) is 83.3 Å². The minimum atomic E-state index is -4.44. The van der Waals surface area contributed by atoms with Crippen LogP contribution in [0.5, 0.6) is 0 Å². The van der Waals surface area contributed by atoms with Crippen molar-refractivity contribution in [1.82, 2.24) is 19.9 Å². The Kier molecular flexibility index (Phi) is 4.87. The van der Waals surface area contributed by atoms with Gasteiger partial charge < -0.3 is 10.3 Å². The average molecular weight is 401 g/mol. The topological polar surface area (TPSA) is 66.5 Å². The van der Waals surface area contributed by atoms with E-state index in [-0.39, 0.29) is 0 Å². The minimum Gasteiger partial charge on any atom is -0.366 e. The van der Waals surface area contributed by atoms with Gasteiger partial charge in [-0.25, -0.2) is 14.4 Å². The summed E-state index contributed by atoms with van der Waals surface area (Å²) in [6.45, 7) is 0.367. The van der Waals surface area contributed by atoms with Crippen LogP contribution in [0.3, 0.4) is 0 Å². The maximum Gasteiger partial charge on any atom is 0.417 e. The molecule has 0 saturated carbocycles. The number of fused-ring (bicyclic) bond motifs is 1. The Morgan fingerprint density at radius 3 is 2.55 bits per heavy atom. The van der Waals surface area contributed by atoms with Crippen molar-refractivity contribution in [2.24, 2.45) is 0 Å². The van der Waals surface area contributed by atoms with Gasteiger partial charge in [0.1, 0.15) is 17.3 Å². The summed E-state index contributed by atoms with van der Waals surface area (Å²) in [6.07, 6.45) is 2.77. The zero-order valence-electron chi connectivity index (χ0n) is 15.0. The quantitative estimate of drug-likeness (QED) is 0.475. The molecule has 0 saturated heterocycles. The van der Waals surface area contributed by atoms with Crippen LogP contribution in [0.2, 0.25) is 0 Å². The van der Waals surface area contributed by atoms with E-state index in [1.54, 1.807) is 24.7 Å². The lowest BCUT2D eigenvalue weighted by Gasteiger charge is -2.08. The summed E-state index contributed by atoms with van der Waals surface area (Å²) >= 11 is 0. The van der Waals surface area contributed by atoms with Gasteiger partial charge >= 0.3 is 6.18 Å². The Hall–Kier alpha value is -3.49. The predicted octanol–water partition coefficient (Wildman–Crippen LogP) is 4.71. The van der Waals surface area contributed by atoms with Crippen LogP contribution in [0.1, 0.15) is 22.3 Å². The van der Waals surface area contributed by atoms with E-state index in [2.05, 4.69) is 25.3 Å². The molecular weight excluding hydrogens is 386 g/mol. The summed E-state index contributed by atoms with van der Waals surface area (Å²) in [5.41, 5.74) is 1.84. The molecule has 148 valence electrons. The highest BCUT2D eigenvalue weighted by Gasteiger charge is 2.31. The average Bonchev–Trinajstić information content (AvgIpc) is 3.09. The lowest BCUT2D eigenvalue weighted by Crippen LogP contribution is -2.05. The van der Waals surface area contributed by atoms with Crippen LogP contribution < -0.4 is 5.32 Å². The fourth-order valence-electron chi connectivity index (χ4n) is 2.96. The first-order valence-electron chi connectivity index (χ1n) is 8.70.